The van der Waals surface area contributed by atoms with E-state index in [0.717, 1.165) is 36.1 Å². The van der Waals surface area contributed by atoms with Crippen LogP contribution >= 0.6 is 11.3 Å². The molecule has 1 aliphatic rings. The van der Waals surface area contributed by atoms with Crippen LogP contribution in [0.15, 0.2) is 47.6 Å². The van der Waals surface area contributed by atoms with E-state index in [1.54, 1.807) is 49.4 Å². The lowest BCUT2D eigenvalue weighted by atomic mass is 9.96. The predicted molar refractivity (Wildman–Crippen MR) is 150 cm³/mol. The summed E-state index contributed by atoms with van der Waals surface area (Å²) in [7, 11) is 0. The summed E-state index contributed by atoms with van der Waals surface area (Å²) < 4.78 is 16.5. The molecule has 206 valence electrons. The summed E-state index contributed by atoms with van der Waals surface area (Å²) in [5.74, 6) is -1.28. The van der Waals surface area contributed by atoms with E-state index in [4.69, 9.17) is 14.2 Å². The summed E-state index contributed by atoms with van der Waals surface area (Å²) in [5, 5.41) is 16.3. The third kappa shape index (κ3) is 6.84. The van der Waals surface area contributed by atoms with Crippen molar-refractivity contribution in [3.63, 3.8) is 0 Å². The minimum atomic E-state index is -0.975. The number of aryl methyl sites for hydroxylation is 1. The van der Waals surface area contributed by atoms with Gasteiger partial charge in [0.25, 0.3) is 0 Å². The summed E-state index contributed by atoms with van der Waals surface area (Å²) in [6.07, 6.45) is 5.03. The van der Waals surface area contributed by atoms with Gasteiger partial charge in [-0.3, -0.25) is 9.59 Å². The highest BCUT2D eigenvalue weighted by atomic mass is 32.1. The molecular formula is C29H28N4O6S. The molecule has 1 aromatic heterocycles. The van der Waals surface area contributed by atoms with Gasteiger partial charge in [0, 0.05) is 4.88 Å². The Morgan fingerprint density at radius 1 is 1.00 bits per heavy atom. The van der Waals surface area contributed by atoms with Gasteiger partial charge in [-0.05, 0) is 93.1 Å². The van der Waals surface area contributed by atoms with Crippen LogP contribution in [0, 0.1) is 11.3 Å². The van der Waals surface area contributed by atoms with Gasteiger partial charge in [0.15, 0.2) is 11.5 Å². The number of nitriles is 1. The van der Waals surface area contributed by atoms with Crippen molar-refractivity contribution in [2.24, 2.45) is 5.10 Å². The largest absolute Gasteiger partial charge is 0.494 e. The third-order valence-electron chi connectivity index (χ3n) is 5.97. The maximum Gasteiger partial charge on any atom is 0.343 e. The van der Waals surface area contributed by atoms with E-state index < -0.39 is 17.8 Å². The zero-order valence-corrected chi connectivity index (χ0v) is 22.9. The van der Waals surface area contributed by atoms with E-state index in [0.29, 0.717) is 46.4 Å². The molecule has 0 spiro atoms. The van der Waals surface area contributed by atoms with Crippen LogP contribution in [-0.4, -0.2) is 37.2 Å². The van der Waals surface area contributed by atoms with Gasteiger partial charge in [-0.2, -0.15) is 10.4 Å². The lowest BCUT2D eigenvalue weighted by Gasteiger charge is -2.11. The second kappa shape index (κ2) is 13.4. The van der Waals surface area contributed by atoms with Crippen LogP contribution in [0.25, 0.3) is 0 Å². The monoisotopic (exact) mass is 560 g/mol. The average molecular weight is 561 g/mol. The summed E-state index contributed by atoms with van der Waals surface area (Å²) in [6, 6.07) is 13.5. The molecule has 0 unspecified atom stereocenters. The maximum atomic E-state index is 12.6. The Balaban J connectivity index is 1.37. The van der Waals surface area contributed by atoms with Gasteiger partial charge >= 0.3 is 17.8 Å². The van der Waals surface area contributed by atoms with Crippen molar-refractivity contribution in [1.82, 2.24) is 5.43 Å². The SMILES string of the molecule is CCOc1ccc(C(=O)Oc2ccc(/C=N/NC(=O)C(=O)Nc3sc4c(c3C#N)CCCC4)cc2OCC)cc1. The average Bonchev–Trinajstić information content (AvgIpc) is 3.31. The number of rotatable bonds is 9. The molecule has 1 aliphatic carbocycles. The van der Waals surface area contributed by atoms with E-state index in [9.17, 15) is 19.6 Å². The smallest absolute Gasteiger partial charge is 0.343 e. The fourth-order valence-electron chi connectivity index (χ4n) is 4.12. The number of anilines is 1. The van der Waals surface area contributed by atoms with Gasteiger partial charge < -0.3 is 19.5 Å². The molecule has 1 heterocycles. The number of thiophene rings is 1. The third-order valence-corrected chi connectivity index (χ3v) is 7.17. The van der Waals surface area contributed by atoms with Gasteiger partial charge in [-0.15, -0.1) is 11.3 Å². The Kier molecular flexibility index (Phi) is 9.48. The number of nitrogens with one attached hydrogen (secondary N) is 2. The molecule has 4 rings (SSSR count). The molecule has 0 saturated heterocycles. The van der Waals surface area contributed by atoms with Crippen molar-refractivity contribution in [2.75, 3.05) is 18.5 Å². The van der Waals surface area contributed by atoms with E-state index in [1.807, 2.05) is 6.92 Å². The number of hydrogen-bond acceptors (Lipinski definition) is 9. The van der Waals surface area contributed by atoms with Crippen molar-refractivity contribution in [3.05, 3.63) is 69.6 Å². The van der Waals surface area contributed by atoms with E-state index in [-0.39, 0.29) is 5.75 Å². The molecule has 0 bridgehead atoms. The lowest BCUT2D eigenvalue weighted by molar-refractivity contribution is -0.136. The number of carbonyl (C=O) groups excluding carboxylic acids is 3. The number of carbonyl (C=O) groups is 3. The minimum absolute atomic E-state index is 0.216. The Morgan fingerprint density at radius 3 is 2.48 bits per heavy atom. The molecule has 11 heteroatoms. The minimum Gasteiger partial charge on any atom is -0.494 e. The summed E-state index contributed by atoms with van der Waals surface area (Å²) in [5.41, 5.74) is 4.46. The van der Waals surface area contributed by atoms with Crippen LogP contribution in [-0.2, 0) is 22.4 Å². The van der Waals surface area contributed by atoms with Crippen LogP contribution in [0.4, 0.5) is 5.00 Å². The number of esters is 1. The first-order valence-corrected chi connectivity index (χ1v) is 13.7. The molecule has 2 N–H and O–H groups in total. The number of hydrazone groups is 1. The first kappa shape index (κ1) is 28.3. The molecule has 10 nitrogen and oxygen atoms in total. The number of hydrogen-bond donors (Lipinski definition) is 2. The zero-order chi connectivity index (χ0) is 28.5. The molecule has 0 saturated carbocycles. The highest BCUT2D eigenvalue weighted by Crippen LogP contribution is 2.37. The van der Waals surface area contributed by atoms with E-state index >= 15 is 0 Å². The summed E-state index contributed by atoms with van der Waals surface area (Å²) in [4.78, 5) is 38.4. The van der Waals surface area contributed by atoms with Gasteiger partial charge in [0.05, 0.1) is 30.6 Å². The number of ether oxygens (including phenoxy) is 3. The Labute approximate surface area is 235 Å². The number of benzene rings is 2. The van der Waals surface area contributed by atoms with Crippen LogP contribution in [0.1, 0.15) is 58.6 Å². The van der Waals surface area contributed by atoms with E-state index in [1.165, 1.54) is 17.6 Å². The van der Waals surface area contributed by atoms with Crippen LogP contribution in [0.2, 0.25) is 0 Å². The van der Waals surface area contributed by atoms with Crippen molar-refractivity contribution in [1.29, 1.82) is 5.26 Å². The van der Waals surface area contributed by atoms with Gasteiger partial charge in [0.2, 0.25) is 0 Å². The number of nitrogens with zero attached hydrogens (tertiary/aromatic N) is 2. The molecule has 0 radical (unpaired) electrons. The topological polar surface area (TPSA) is 139 Å². The van der Waals surface area contributed by atoms with Crippen molar-refractivity contribution in [3.8, 4) is 23.3 Å². The van der Waals surface area contributed by atoms with Gasteiger partial charge in [0.1, 0.15) is 16.8 Å². The Morgan fingerprint density at radius 2 is 1.75 bits per heavy atom. The van der Waals surface area contributed by atoms with Crippen molar-refractivity contribution in [2.45, 2.75) is 39.5 Å². The normalized spacial score (nSPS) is 12.2. The maximum absolute atomic E-state index is 12.6. The van der Waals surface area contributed by atoms with Gasteiger partial charge in [-0.25, -0.2) is 10.2 Å². The number of amides is 2. The Bertz CT molecular complexity index is 1470. The van der Waals surface area contributed by atoms with Crippen molar-refractivity contribution < 1.29 is 28.6 Å². The van der Waals surface area contributed by atoms with E-state index in [2.05, 4.69) is 21.9 Å². The molecule has 0 aliphatic heterocycles. The van der Waals surface area contributed by atoms with Gasteiger partial charge in [-0.1, -0.05) is 0 Å². The Hall–Kier alpha value is -4.69. The van der Waals surface area contributed by atoms with Crippen LogP contribution in [0.3, 0.4) is 0 Å². The molecule has 40 heavy (non-hydrogen) atoms. The highest BCUT2D eigenvalue weighted by Gasteiger charge is 2.23. The molecule has 3 aromatic rings. The fraction of sp³-hybridized carbons (Fsp3) is 0.276. The number of fused-ring (bicyclic) bond motifs is 1. The molecular weight excluding hydrogens is 532 g/mol. The first-order valence-electron chi connectivity index (χ1n) is 12.8. The molecule has 2 amide bonds. The van der Waals surface area contributed by atoms with Crippen molar-refractivity contribution >= 4 is 40.3 Å². The molecule has 0 atom stereocenters. The molecule has 2 aromatic carbocycles. The second-order valence-corrected chi connectivity index (χ2v) is 9.77. The second-order valence-electron chi connectivity index (χ2n) is 8.67. The standard InChI is InChI=1S/C29H28N4O6S/c1-3-37-20-12-10-19(11-13-20)29(36)39-23-14-9-18(15-24(23)38-4-2)17-31-33-27(35)26(34)32-28-22(16-30)21-7-5-6-8-25(21)40-28/h9-15,17H,3-8H2,1-2H3,(H,32,34)(H,33,35)/b31-17+. The highest BCUT2D eigenvalue weighted by molar-refractivity contribution is 7.16. The molecule has 0 fully saturated rings. The summed E-state index contributed by atoms with van der Waals surface area (Å²) >= 11 is 1.34. The quantitative estimate of drug-likeness (QED) is 0.128. The predicted octanol–water partition coefficient (Wildman–Crippen LogP) is 4.60. The zero-order valence-electron chi connectivity index (χ0n) is 22.1. The summed E-state index contributed by atoms with van der Waals surface area (Å²) in [6.45, 7) is 4.51. The van der Waals surface area contributed by atoms with Crippen LogP contribution < -0.4 is 25.0 Å². The first-order chi connectivity index (χ1) is 19.4. The van der Waals surface area contributed by atoms with Crippen LogP contribution in [0.5, 0.6) is 17.2 Å². The lowest BCUT2D eigenvalue weighted by Crippen LogP contribution is -2.32. The fourth-order valence-corrected chi connectivity index (χ4v) is 5.35.